The molecule has 0 radical (unpaired) electrons. The molecule has 1 fully saturated rings. The number of amides is 1. The van der Waals surface area contributed by atoms with Crippen molar-refractivity contribution in [2.75, 3.05) is 0 Å². The first-order valence-corrected chi connectivity index (χ1v) is 7.37. The summed E-state index contributed by atoms with van der Waals surface area (Å²) in [6.07, 6.45) is 0. The van der Waals surface area contributed by atoms with Gasteiger partial charge in [-0.2, -0.15) is 0 Å². The van der Waals surface area contributed by atoms with Crippen molar-refractivity contribution in [2.45, 2.75) is 19.0 Å². The van der Waals surface area contributed by atoms with Crippen LogP contribution in [0.3, 0.4) is 0 Å². The summed E-state index contributed by atoms with van der Waals surface area (Å²) < 4.78 is 0. The Balaban J connectivity index is 1.85. The minimum Gasteiger partial charge on any atom is -0.294 e. The first kappa shape index (κ1) is 14.7. The van der Waals surface area contributed by atoms with Crippen LogP contribution in [0.2, 0.25) is 0 Å². The lowest BCUT2D eigenvalue weighted by Crippen LogP contribution is -2.41. The van der Waals surface area contributed by atoms with Gasteiger partial charge in [0.25, 0.3) is 0 Å². The molecule has 3 atom stereocenters. The Morgan fingerprint density at radius 1 is 1.00 bits per heavy atom. The molecule has 0 spiro atoms. The van der Waals surface area contributed by atoms with Crippen LogP contribution in [-0.4, -0.2) is 11.9 Å². The molecule has 1 aliphatic heterocycles. The van der Waals surface area contributed by atoms with Gasteiger partial charge in [-0.05, 0) is 23.6 Å². The molecule has 1 aliphatic rings. The number of rotatable bonds is 3. The third-order valence-corrected chi connectivity index (χ3v) is 4.19. The van der Waals surface area contributed by atoms with Crippen molar-refractivity contribution in [2.24, 2.45) is 11.8 Å². The first-order chi connectivity index (χ1) is 10.7. The predicted molar refractivity (Wildman–Crippen MR) is 86.2 cm³/mol. The van der Waals surface area contributed by atoms with Crippen molar-refractivity contribution in [3.05, 3.63) is 60.2 Å². The fourth-order valence-electron chi connectivity index (χ4n) is 2.97. The molecule has 0 saturated carbocycles. The van der Waals surface area contributed by atoms with E-state index in [9.17, 15) is 4.79 Å². The molecule has 1 amide bonds. The molecule has 5 N–H and O–H groups in total. The van der Waals surface area contributed by atoms with E-state index in [1.54, 1.807) is 0 Å². The van der Waals surface area contributed by atoms with Crippen molar-refractivity contribution in [1.29, 1.82) is 0 Å². The lowest BCUT2D eigenvalue weighted by Gasteiger charge is -2.19. The van der Waals surface area contributed by atoms with E-state index in [4.69, 9.17) is 5.84 Å². The molecular weight excluding hydrogens is 276 g/mol. The summed E-state index contributed by atoms with van der Waals surface area (Å²) in [4.78, 5) is 12.0. The summed E-state index contributed by atoms with van der Waals surface area (Å²) in [5, 5.41) is 0. The van der Waals surface area contributed by atoms with E-state index >= 15 is 0 Å². The van der Waals surface area contributed by atoms with E-state index < -0.39 is 0 Å². The number of carbonyl (C=O) groups excluding carboxylic acids is 1. The summed E-state index contributed by atoms with van der Waals surface area (Å²) >= 11 is 0. The summed E-state index contributed by atoms with van der Waals surface area (Å²) in [6, 6.07) is 18.4. The normalized spacial score (nSPS) is 24.2. The van der Waals surface area contributed by atoms with Gasteiger partial charge in [0.2, 0.25) is 5.91 Å². The Bertz CT molecular complexity index is 641. The van der Waals surface area contributed by atoms with Crippen LogP contribution in [0.1, 0.15) is 18.5 Å². The van der Waals surface area contributed by atoms with Crippen LogP contribution in [0, 0.1) is 5.92 Å². The van der Waals surface area contributed by atoms with Gasteiger partial charge in [-0.3, -0.25) is 15.6 Å². The first-order valence-electron chi connectivity index (χ1n) is 7.37. The highest BCUT2D eigenvalue weighted by Crippen LogP contribution is 2.30. The molecule has 0 aliphatic carbocycles. The Morgan fingerprint density at radius 2 is 1.64 bits per heavy atom. The van der Waals surface area contributed by atoms with Crippen LogP contribution in [0.5, 0.6) is 0 Å². The summed E-state index contributed by atoms with van der Waals surface area (Å²) in [7, 11) is 0. The molecule has 1 saturated heterocycles. The molecule has 1 heterocycles. The highest BCUT2D eigenvalue weighted by molar-refractivity contribution is 5.80. The standard InChI is InChI=1S/C17H20N4O/c1-11-15(17(22)19-18)16(21-20-11)14-9-7-13(8-10-14)12-5-3-2-4-6-12/h2-11,15-16,20-21H,18H2,1H3,(H,19,22). The fourth-order valence-corrected chi connectivity index (χ4v) is 2.97. The molecule has 0 bridgehead atoms. The second-order valence-electron chi connectivity index (χ2n) is 5.58. The Morgan fingerprint density at radius 3 is 2.27 bits per heavy atom. The van der Waals surface area contributed by atoms with Gasteiger partial charge in [-0.25, -0.2) is 11.3 Å². The highest BCUT2D eigenvalue weighted by Gasteiger charge is 2.38. The fraction of sp³-hybridized carbons (Fsp3) is 0.235. The van der Waals surface area contributed by atoms with Gasteiger partial charge < -0.3 is 0 Å². The van der Waals surface area contributed by atoms with E-state index in [0.29, 0.717) is 0 Å². The van der Waals surface area contributed by atoms with Crippen molar-refractivity contribution in [3.8, 4) is 11.1 Å². The number of nitrogens with two attached hydrogens (primary N) is 1. The van der Waals surface area contributed by atoms with Crippen LogP contribution in [-0.2, 0) is 4.79 Å². The second-order valence-corrected chi connectivity index (χ2v) is 5.58. The summed E-state index contributed by atoms with van der Waals surface area (Å²) in [5.41, 5.74) is 11.9. The zero-order valence-electron chi connectivity index (χ0n) is 12.4. The molecule has 22 heavy (non-hydrogen) atoms. The van der Waals surface area contributed by atoms with E-state index in [1.807, 2.05) is 25.1 Å². The quantitative estimate of drug-likeness (QED) is 0.393. The number of hydrogen-bond acceptors (Lipinski definition) is 4. The molecule has 2 aromatic carbocycles. The van der Waals surface area contributed by atoms with Gasteiger partial charge in [0.15, 0.2) is 0 Å². The molecule has 0 aromatic heterocycles. The van der Waals surface area contributed by atoms with Crippen LogP contribution in [0.4, 0.5) is 0 Å². The monoisotopic (exact) mass is 296 g/mol. The smallest absolute Gasteiger partial charge is 0.240 e. The van der Waals surface area contributed by atoms with Crippen molar-refractivity contribution < 1.29 is 4.79 Å². The third-order valence-electron chi connectivity index (χ3n) is 4.19. The topological polar surface area (TPSA) is 79.2 Å². The zero-order chi connectivity index (χ0) is 15.5. The van der Waals surface area contributed by atoms with Crippen LogP contribution >= 0.6 is 0 Å². The Labute approximate surface area is 129 Å². The summed E-state index contributed by atoms with van der Waals surface area (Å²) in [5.74, 6) is 4.89. The van der Waals surface area contributed by atoms with Gasteiger partial charge in [0.1, 0.15) is 0 Å². The maximum absolute atomic E-state index is 12.0. The number of benzene rings is 2. The molecular formula is C17H20N4O. The number of carbonyl (C=O) groups is 1. The lowest BCUT2D eigenvalue weighted by atomic mass is 9.89. The van der Waals surface area contributed by atoms with Gasteiger partial charge in [0.05, 0.1) is 12.0 Å². The van der Waals surface area contributed by atoms with Crippen molar-refractivity contribution in [1.82, 2.24) is 16.3 Å². The highest BCUT2D eigenvalue weighted by atomic mass is 16.2. The Kier molecular flexibility index (Phi) is 4.20. The van der Waals surface area contributed by atoms with Crippen LogP contribution in [0.15, 0.2) is 54.6 Å². The lowest BCUT2D eigenvalue weighted by molar-refractivity contribution is -0.125. The van der Waals surface area contributed by atoms with Crippen LogP contribution < -0.4 is 22.1 Å². The second kappa shape index (κ2) is 6.27. The summed E-state index contributed by atoms with van der Waals surface area (Å²) in [6.45, 7) is 1.96. The molecule has 5 heteroatoms. The van der Waals surface area contributed by atoms with Crippen LogP contribution in [0.25, 0.3) is 11.1 Å². The van der Waals surface area contributed by atoms with Crippen molar-refractivity contribution >= 4 is 5.91 Å². The van der Waals surface area contributed by atoms with E-state index in [2.05, 4.69) is 52.7 Å². The number of hydrogen-bond donors (Lipinski definition) is 4. The minimum absolute atomic E-state index is 0.0161. The van der Waals surface area contributed by atoms with E-state index in [-0.39, 0.29) is 23.9 Å². The minimum atomic E-state index is -0.243. The molecule has 114 valence electrons. The number of hydrazine groups is 2. The number of nitrogens with one attached hydrogen (secondary N) is 3. The maximum Gasteiger partial charge on any atom is 0.240 e. The zero-order valence-corrected chi connectivity index (χ0v) is 12.4. The third kappa shape index (κ3) is 2.74. The molecule has 5 nitrogen and oxygen atoms in total. The SMILES string of the molecule is CC1NNC(c2ccc(-c3ccccc3)cc2)C1C(=O)NN. The van der Waals surface area contributed by atoms with Gasteiger partial charge in [-0.15, -0.1) is 0 Å². The molecule has 3 rings (SSSR count). The average Bonchev–Trinajstić information content (AvgIpc) is 2.97. The van der Waals surface area contributed by atoms with E-state index in [0.717, 1.165) is 11.1 Å². The molecule has 3 unspecified atom stereocenters. The van der Waals surface area contributed by atoms with Gasteiger partial charge in [0, 0.05) is 6.04 Å². The van der Waals surface area contributed by atoms with E-state index in [1.165, 1.54) is 5.56 Å². The average molecular weight is 296 g/mol. The van der Waals surface area contributed by atoms with Gasteiger partial charge in [-0.1, -0.05) is 54.6 Å². The van der Waals surface area contributed by atoms with Gasteiger partial charge >= 0.3 is 0 Å². The Hall–Kier alpha value is -2.21. The molecule has 2 aromatic rings. The maximum atomic E-state index is 12.0. The predicted octanol–water partition coefficient (Wildman–Crippen LogP) is 1.50. The largest absolute Gasteiger partial charge is 0.294 e. The van der Waals surface area contributed by atoms with Crippen molar-refractivity contribution in [3.63, 3.8) is 0 Å².